The molecule has 0 aliphatic carbocycles. The van der Waals surface area contributed by atoms with E-state index in [1.54, 1.807) is 31.5 Å². The van der Waals surface area contributed by atoms with Crippen molar-refractivity contribution in [1.29, 1.82) is 0 Å². The number of hydrogen-bond acceptors (Lipinski definition) is 5. The maximum absolute atomic E-state index is 12.7. The summed E-state index contributed by atoms with van der Waals surface area (Å²) in [6, 6.07) is 3.91. The minimum atomic E-state index is -0.261. The minimum absolute atomic E-state index is 0.0343. The molecule has 1 aliphatic rings. The monoisotopic (exact) mass is 341 g/mol. The van der Waals surface area contributed by atoms with E-state index in [1.807, 2.05) is 11.8 Å². The van der Waals surface area contributed by atoms with E-state index >= 15 is 0 Å². The van der Waals surface area contributed by atoms with Crippen molar-refractivity contribution in [2.24, 2.45) is 0 Å². The number of carbonyl (C=O) groups is 1. The molecular weight excluding hydrogens is 318 g/mol. The standard InChI is InChI=1S/C18H23N5O2/c1-11-13(3)23(9-8-20-11)16(24)10-15-12(2)21-17(22-18(15)25)14-4-6-19-7-5-14/h4-7,11,13,20H,8-10H2,1-3H3,(H,21,22,25). The van der Waals surface area contributed by atoms with Gasteiger partial charge in [-0.2, -0.15) is 0 Å². The lowest BCUT2D eigenvalue weighted by molar-refractivity contribution is -0.134. The number of pyridine rings is 1. The predicted molar refractivity (Wildman–Crippen MR) is 95.2 cm³/mol. The summed E-state index contributed by atoms with van der Waals surface area (Å²) in [5, 5.41) is 3.35. The number of aromatic amines is 1. The molecule has 0 spiro atoms. The van der Waals surface area contributed by atoms with E-state index in [0.29, 0.717) is 23.6 Å². The number of rotatable bonds is 3. The van der Waals surface area contributed by atoms with Crippen LogP contribution in [0.15, 0.2) is 29.3 Å². The molecule has 2 unspecified atom stereocenters. The summed E-state index contributed by atoms with van der Waals surface area (Å²) < 4.78 is 0. The molecule has 1 saturated heterocycles. The maximum Gasteiger partial charge on any atom is 0.255 e. The summed E-state index contributed by atoms with van der Waals surface area (Å²) in [4.78, 5) is 38.3. The van der Waals surface area contributed by atoms with Crippen molar-refractivity contribution in [1.82, 2.24) is 25.2 Å². The number of aromatic nitrogens is 3. The predicted octanol–water partition coefficient (Wildman–Crippen LogP) is 0.892. The highest BCUT2D eigenvalue weighted by atomic mass is 16.2. The SMILES string of the molecule is Cc1nc(-c2ccncc2)[nH]c(=O)c1CC(=O)N1CCNC(C)C1C. The van der Waals surface area contributed by atoms with Gasteiger partial charge in [0, 0.05) is 54.4 Å². The minimum Gasteiger partial charge on any atom is -0.337 e. The van der Waals surface area contributed by atoms with Crippen LogP contribution in [0, 0.1) is 6.92 Å². The molecule has 1 fully saturated rings. The summed E-state index contributed by atoms with van der Waals surface area (Å²) in [5.74, 6) is 0.457. The molecule has 0 radical (unpaired) electrons. The molecule has 2 atom stereocenters. The molecule has 0 saturated carbocycles. The summed E-state index contributed by atoms with van der Waals surface area (Å²) in [7, 11) is 0. The summed E-state index contributed by atoms with van der Waals surface area (Å²) in [6.45, 7) is 7.28. The van der Waals surface area contributed by atoms with Gasteiger partial charge in [-0.3, -0.25) is 14.6 Å². The second-order valence-corrected chi connectivity index (χ2v) is 6.46. The lowest BCUT2D eigenvalue weighted by Crippen LogP contribution is -2.57. The van der Waals surface area contributed by atoms with Gasteiger partial charge in [-0.05, 0) is 32.9 Å². The lowest BCUT2D eigenvalue weighted by atomic mass is 10.0. The van der Waals surface area contributed by atoms with Crippen molar-refractivity contribution in [3.05, 3.63) is 46.1 Å². The third kappa shape index (κ3) is 3.61. The van der Waals surface area contributed by atoms with Gasteiger partial charge in [0.2, 0.25) is 5.91 Å². The molecular formula is C18H23N5O2. The van der Waals surface area contributed by atoms with E-state index < -0.39 is 0 Å². The first-order valence-corrected chi connectivity index (χ1v) is 8.50. The van der Waals surface area contributed by atoms with E-state index in [4.69, 9.17) is 0 Å². The molecule has 1 aliphatic heterocycles. The van der Waals surface area contributed by atoms with Gasteiger partial charge in [-0.1, -0.05) is 0 Å². The zero-order chi connectivity index (χ0) is 18.0. The molecule has 0 aromatic carbocycles. The Labute approximate surface area is 146 Å². The fourth-order valence-electron chi connectivity index (χ4n) is 3.13. The summed E-state index contributed by atoms with van der Waals surface area (Å²) >= 11 is 0. The number of piperazine rings is 1. The van der Waals surface area contributed by atoms with Crippen LogP contribution in [0.4, 0.5) is 0 Å². The van der Waals surface area contributed by atoms with Crippen molar-refractivity contribution in [3.63, 3.8) is 0 Å². The fourth-order valence-corrected chi connectivity index (χ4v) is 3.13. The Balaban J connectivity index is 1.84. The quantitative estimate of drug-likeness (QED) is 0.865. The van der Waals surface area contributed by atoms with Crippen molar-refractivity contribution in [3.8, 4) is 11.4 Å². The number of carbonyl (C=O) groups excluding carboxylic acids is 1. The molecule has 0 bridgehead atoms. The average molecular weight is 341 g/mol. The summed E-state index contributed by atoms with van der Waals surface area (Å²) in [5.41, 5.74) is 1.54. The lowest BCUT2D eigenvalue weighted by Gasteiger charge is -2.38. The van der Waals surface area contributed by atoms with Crippen LogP contribution in [-0.4, -0.2) is 50.9 Å². The Morgan fingerprint density at radius 3 is 2.72 bits per heavy atom. The molecule has 2 aromatic rings. The third-order valence-corrected chi connectivity index (χ3v) is 4.86. The zero-order valence-corrected chi connectivity index (χ0v) is 14.7. The Hall–Kier alpha value is -2.54. The van der Waals surface area contributed by atoms with E-state index in [9.17, 15) is 9.59 Å². The first-order valence-electron chi connectivity index (χ1n) is 8.50. The average Bonchev–Trinajstić information content (AvgIpc) is 2.61. The maximum atomic E-state index is 12.7. The van der Waals surface area contributed by atoms with Gasteiger partial charge in [-0.25, -0.2) is 4.98 Å². The third-order valence-electron chi connectivity index (χ3n) is 4.86. The van der Waals surface area contributed by atoms with E-state index in [1.165, 1.54) is 0 Å². The van der Waals surface area contributed by atoms with Gasteiger partial charge in [-0.15, -0.1) is 0 Å². The highest BCUT2D eigenvalue weighted by Gasteiger charge is 2.28. The molecule has 2 aromatic heterocycles. The second kappa shape index (κ2) is 7.14. The number of H-pyrrole nitrogens is 1. The van der Waals surface area contributed by atoms with Crippen LogP contribution in [0.5, 0.6) is 0 Å². The van der Waals surface area contributed by atoms with Gasteiger partial charge in [0.1, 0.15) is 5.82 Å². The topological polar surface area (TPSA) is 91.0 Å². The van der Waals surface area contributed by atoms with Crippen LogP contribution in [0.1, 0.15) is 25.1 Å². The Morgan fingerprint density at radius 1 is 1.32 bits per heavy atom. The largest absolute Gasteiger partial charge is 0.337 e. The smallest absolute Gasteiger partial charge is 0.255 e. The number of hydrogen-bond donors (Lipinski definition) is 2. The summed E-state index contributed by atoms with van der Waals surface area (Å²) in [6.07, 6.45) is 3.37. The Morgan fingerprint density at radius 2 is 2.04 bits per heavy atom. The Kier molecular flexibility index (Phi) is 4.94. The van der Waals surface area contributed by atoms with Crippen molar-refractivity contribution < 1.29 is 4.79 Å². The highest BCUT2D eigenvalue weighted by molar-refractivity contribution is 5.79. The highest BCUT2D eigenvalue weighted by Crippen LogP contribution is 2.15. The van der Waals surface area contributed by atoms with E-state index in [0.717, 1.165) is 12.1 Å². The van der Waals surface area contributed by atoms with Crippen molar-refractivity contribution in [2.75, 3.05) is 13.1 Å². The van der Waals surface area contributed by atoms with Crippen molar-refractivity contribution >= 4 is 5.91 Å². The van der Waals surface area contributed by atoms with Crippen LogP contribution in [0.3, 0.4) is 0 Å². The molecule has 7 heteroatoms. The van der Waals surface area contributed by atoms with Crippen LogP contribution < -0.4 is 10.9 Å². The van der Waals surface area contributed by atoms with Crippen LogP contribution in [0.25, 0.3) is 11.4 Å². The first kappa shape index (κ1) is 17.3. The van der Waals surface area contributed by atoms with Gasteiger partial charge >= 0.3 is 0 Å². The van der Waals surface area contributed by atoms with Gasteiger partial charge in [0.15, 0.2) is 0 Å². The van der Waals surface area contributed by atoms with Gasteiger partial charge < -0.3 is 15.2 Å². The van der Waals surface area contributed by atoms with Gasteiger partial charge in [0.05, 0.1) is 6.42 Å². The molecule has 3 rings (SSSR count). The molecule has 2 N–H and O–H groups in total. The number of nitrogens with zero attached hydrogens (tertiary/aromatic N) is 3. The van der Waals surface area contributed by atoms with Crippen molar-refractivity contribution in [2.45, 2.75) is 39.3 Å². The van der Waals surface area contributed by atoms with E-state index in [-0.39, 0.29) is 30.0 Å². The van der Waals surface area contributed by atoms with Crippen LogP contribution >= 0.6 is 0 Å². The molecule has 25 heavy (non-hydrogen) atoms. The molecule has 3 heterocycles. The second-order valence-electron chi connectivity index (χ2n) is 6.46. The molecule has 7 nitrogen and oxygen atoms in total. The first-order chi connectivity index (χ1) is 12.0. The fraction of sp³-hybridized carbons (Fsp3) is 0.444. The number of amides is 1. The Bertz CT molecular complexity index is 818. The van der Waals surface area contributed by atoms with Crippen LogP contribution in [0.2, 0.25) is 0 Å². The zero-order valence-electron chi connectivity index (χ0n) is 14.7. The van der Waals surface area contributed by atoms with E-state index in [2.05, 4.69) is 27.2 Å². The number of aryl methyl sites for hydroxylation is 1. The van der Waals surface area contributed by atoms with Crippen LogP contribution in [-0.2, 0) is 11.2 Å². The molecule has 1 amide bonds. The molecule has 132 valence electrons. The normalized spacial score (nSPS) is 20.5. The van der Waals surface area contributed by atoms with Gasteiger partial charge in [0.25, 0.3) is 5.56 Å². The number of nitrogens with one attached hydrogen (secondary N) is 2.